The first-order chi connectivity index (χ1) is 13.0. The monoisotopic (exact) mass is 364 g/mol. The van der Waals surface area contributed by atoms with Gasteiger partial charge in [-0.25, -0.2) is 4.68 Å². The third kappa shape index (κ3) is 3.26. The maximum absolute atomic E-state index is 12.6. The summed E-state index contributed by atoms with van der Waals surface area (Å²) < 4.78 is 1.80. The zero-order valence-electron chi connectivity index (χ0n) is 14.5. The Labute approximate surface area is 154 Å². The van der Waals surface area contributed by atoms with Gasteiger partial charge in [-0.1, -0.05) is 18.2 Å². The van der Waals surface area contributed by atoms with Crippen LogP contribution in [0.4, 0.5) is 11.4 Å². The molecular formula is C18H16N6O3. The topological polar surface area (TPSA) is 116 Å². The molecule has 0 atom stereocenters. The van der Waals surface area contributed by atoms with Crippen molar-refractivity contribution in [2.24, 2.45) is 0 Å². The number of carbonyl (C=O) groups is 1. The highest BCUT2D eigenvalue weighted by molar-refractivity contribution is 6.06. The standard InChI is InChI=1S/C18H16N6O3/c1-11-15(6-3-7-16(11)24(26)27)18(25)19-13-5-2-4-12(10-13)17-20-21-22-23(17)14-8-9-14/h2-7,10,14H,8-9H2,1H3,(H,19,25). The first-order valence-electron chi connectivity index (χ1n) is 8.48. The van der Waals surface area contributed by atoms with Gasteiger partial charge in [-0.15, -0.1) is 5.10 Å². The molecule has 1 amide bonds. The van der Waals surface area contributed by atoms with Crippen molar-refractivity contribution >= 4 is 17.3 Å². The Kier molecular flexibility index (Phi) is 4.11. The second-order valence-corrected chi connectivity index (χ2v) is 6.42. The van der Waals surface area contributed by atoms with Gasteiger partial charge in [-0.2, -0.15) is 0 Å². The lowest BCUT2D eigenvalue weighted by Crippen LogP contribution is -2.14. The van der Waals surface area contributed by atoms with Crippen LogP contribution in [-0.2, 0) is 0 Å². The van der Waals surface area contributed by atoms with Crippen LogP contribution in [0.3, 0.4) is 0 Å². The quantitative estimate of drug-likeness (QED) is 0.549. The minimum Gasteiger partial charge on any atom is -0.322 e. The average Bonchev–Trinajstić information content (AvgIpc) is 3.38. The zero-order chi connectivity index (χ0) is 19.0. The van der Waals surface area contributed by atoms with Gasteiger partial charge in [-0.05, 0) is 48.4 Å². The predicted octanol–water partition coefficient (Wildman–Crippen LogP) is 3.14. The van der Waals surface area contributed by atoms with Crippen LogP contribution >= 0.6 is 0 Å². The fraction of sp³-hybridized carbons (Fsp3) is 0.222. The van der Waals surface area contributed by atoms with Crippen molar-refractivity contribution in [1.29, 1.82) is 0 Å². The van der Waals surface area contributed by atoms with Crippen LogP contribution in [0.1, 0.15) is 34.8 Å². The second-order valence-electron chi connectivity index (χ2n) is 6.42. The van der Waals surface area contributed by atoms with E-state index in [2.05, 4.69) is 20.8 Å². The Bertz CT molecular complexity index is 1040. The van der Waals surface area contributed by atoms with Crippen molar-refractivity contribution in [2.45, 2.75) is 25.8 Å². The van der Waals surface area contributed by atoms with Gasteiger partial charge in [0.1, 0.15) is 0 Å². The lowest BCUT2D eigenvalue weighted by Gasteiger charge is -2.09. The molecule has 9 nitrogen and oxygen atoms in total. The predicted molar refractivity (Wildman–Crippen MR) is 97.3 cm³/mol. The minimum absolute atomic E-state index is 0.0833. The van der Waals surface area contributed by atoms with E-state index in [0.717, 1.165) is 18.4 Å². The highest BCUT2D eigenvalue weighted by Gasteiger charge is 2.28. The summed E-state index contributed by atoms with van der Waals surface area (Å²) in [4.78, 5) is 23.2. The Morgan fingerprint density at radius 2 is 2.04 bits per heavy atom. The smallest absolute Gasteiger partial charge is 0.273 e. The van der Waals surface area contributed by atoms with Gasteiger partial charge in [0.2, 0.25) is 0 Å². The number of amides is 1. The van der Waals surface area contributed by atoms with E-state index in [1.165, 1.54) is 12.1 Å². The lowest BCUT2D eigenvalue weighted by molar-refractivity contribution is -0.385. The molecule has 0 aliphatic heterocycles. The molecule has 1 heterocycles. The fourth-order valence-electron chi connectivity index (χ4n) is 2.95. The Morgan fingerprint density at radius 3 is 2.78 bits per heavy atom. The van der Waals surface area contributed by atoms with Crippen LogP contribution in [0.15, 0.2) is 42.5 Å². The van der Waals surface area contributed by atoms with Crippen LogP contribution in [0.25, 0.3) is 11.4 Å². The van der Waals surface area contributed by atoms with Crippen molar-refractivity contribution in [2.75, 3.05) is 5.32 Å². The van der Waals surface area contributed by atoms with Gasteiger partial charge < -0.3 is 5.32 Å². The Hall–Kier alpha value is -3.62. The molecule has 3 aromatic rings. The second kappa shape index (κ2) is 6.60. The summed E-state index contributed by atoms with van der Waals surface area (Å²) in [6.45, 7) is 1.56. The lowest BCUT2D eigenvalue weighted by atomic mass is 10.1. The number of rotatable bonds is 5. The molecule has 1 aromatic heterocycles. The van der Waals surface area contributed by atoms with Crippen LogP contribution in [0, 0.1) is 17.0 Å². The van der Waals surface area contributed by atoms with E-state index >= 15 is 0 Å². The molecule has 9 heteroatoms. The van der Waals surface area contributed by atoms with Gasteiger partial charge in [0.05, 0.1) is 11.0 Å². The van der Waals surface area contributed by atoms with Crippen LogP contribution in [0.5, 0.6) is 0 Å². The molecule has 0 bridgehead atoms. The maximum Gasteiger partial charge on any atom is 0.273 e. The van der Waals surface area contributed by atoms with Crippen molar-refractivity contribution in [1.82, 2.24) is 20.2 Å². The summed E-state index contributed by atoms with van der Waals surface area (Å²) in [5, 5.41) is 25.7. The van der Waals surface area contributed by atoms with E-state index in [-0.39, 0.29) is 11.3 Å². The van der Waals surface area contributed by atoms with Crippen LogP contribution in [0.2, 0.25) is 0 Å². The first-order valence-corrected chi connectivity index (χ1v) is 8.48. The maximum atomic E-state index is 12.6. The molecular weight excluding hydrogens is 348 g/mol. The van der Waals surface area contributed by atoms with E-state index in [4.69, 9.17) is 0 Å². The number of tetrazole rings is 1. The molecule has 27 heavy (non-hydrogen) atoms. The summed E-state index contributed by atoms with van der Waals surface area (Å²) >= 11 is 0. The van der Waals surface area contributed by atoms with E-state index < -0.39 is 10.8 Å². The molecule has 136 valence electrons. The van der Waals surface area contributed by atoms with E-state index in [1.807, 2.05) is 6.07 Å². The summed E-state index contributed by atoms with van der Waals surface area (Å²) in [5.41, 5.74) is 1.86. The van der Waals surface area contributed by atoms with Crippen LogP contribution in [-0.4, -0.2) is 31.0 Å². The molecule has 1 fully saturated rings. The highest BCUT2D eigenvalue weighted by Crippen LogP contribution is 2.36. The molecule has 0 spiro atoms. The third-order valence-electron chi connectivity index (χ3n) is 4.51. The number of nitrogens with zero attached hydrogens (tertiary/aromatic N) is 5. The zero-order valence-corrected chi connectivity index (χ0v) is 14.5. The molecule has 0 saturated heterocycles. The fourth-order valence-corrected chi connectivity index (χ4v) is 2.95. The normalized spacial score (nSPS) is 13.4. The first kappa shape index (κ1) is 16.8. The molecule has 4 rings (SSSR count). The number of hydrogen-bond acceptors (Lipinski definition) is 6. The molecule has 1 saturated carbocycles. The SMILES string of the molecule is Cc1c(C(=O)Nc2cccc(-c3nnnn3C3CC3)c2)cccc1[N+](=O)[O-]. The summed E-state index contributed by atoms with van der Waals surface area (Å²) in [6, 6.07) is 12.0. The Balaban J connectivity index is 1.60. The van der Waals surface area contributed by atoms with Crippen molar-refractivity contribution in [3.8, 4) is 11.4 Å². The number of aromatic nitrogens is 4. The van der Waals surface area contributed by atoms with E-state index in [0.29, 0.717) is 23.1 Å². The summed E-state index contributed by atoms with van der Waals surface area (Å²) in [7, 11) is 0. The highest BCUT2D eigenvalue weighted by atomic mass is 16.6. The molecule has 0 unspecified atom stereocenters. The van der Waals surface area contributed by atoms with Gasteiger partial charge >= 0.3 is 0 Å². The number of nitro groups is 1. The van der Waals surface area contributed by atoms with Crippen molar-refractivity contribution in [3.63, 3.8) is 0 Å². The molecule has 1 N–H and O–H groups in total. The van der Waals surface area contributed by atoms with E-state index in [9.17, 15) is 14.9 Å². The number of nitrogens with one attached hydrogen (secondary N) is 1. The number of carbonyl (C=O) groups excluding carboxylic acids is 1. The molecule has 1 aliphatic rings. The minimum atomic E-state index is -0.496. The Morgan fingerprint density at radius 1 is 1.26 bits per heavy atom. The van der Waals surface area contributed by atoms with Gasteiger partial charge in [-0.3, -0.25) is 14.9 Å². The molecule has 2 aromatic carbocycles. The number of benzene rings is 2. The van der Waals surface area contributed by atoms with Crippen molar-refractivity contribution in [3.05, 3.63) is 63.7 Å². The number of anilines is 1. The number of nitro benzene ring substituents is 1. The molecule has 0 radical (unpaired) electrons. The van der Waals surface area contributed by atoms with Crippen LogP contribution < -0.4 is 5.32 Å². The largest absolute Gasteiger partial charge is 0.322 e. The van der Waals surface area contributed by atoms with Gasteiger partial charge in [0, 0.05) is 28.4 Å². The van der Waals surface area contributed by atoms with Gasteiger partial charge in [0.25, 0.3) is 11.6 Å². The summed E-state index contributed by atoms with van der Waals surface area (Å²) in [6.07, 6.45) is 2.11. The summed E-state index contributed by atoms with van der Waals surface area (Å²) in [5.74, 6) is 0.246. The van der Waals surface area contributed by atoms with E-state index in [1.54, 1.807) is 35.9 Å². The van der Waals surface area contributed by atoms with Crippen molar-refractivity contribution < 1.29 is 9.72 Å². The number of hydrogen-bond donors (Lipinski definition) is 1. The third-order valence-corrected chi connectivity index (χ3v) is 4.51. The molecule has 1 aliphatic carbocycles. The average molecular weight is 364 g/mol. The van der Waals surface area contributed by atoms with Gasteiger partial charge in [0.15, 0.2) is 5.82 Å².